The number of hydrogen-bond acceptors (Lipinski definition) is 2. The van der Waals surface area contributed by atoms with E-state index in [1.165, 1.54) is 0 Å². The minimum Gasteiger partial charge on any atom is -0.321 e. The van der Waals surface area contributed by atoms with Crippen molar-refractivity contribution in [1.29, 1.82) is 0 Å². The summed E-state index contributed by atoms with van der Waals surface area (Å²) in [5.41, 5.74) is 4.29. The molecule has 1 amide bonds. The molecule has 0 saturated heterocycles. The number of amides is 1. The molecule has 0 radical (unpaired) electrons. The fourth-order valence-corrected chi connectivity index (χ4v) is 2.16. The Kier molecular flexibility index (Phi) is 4.00. The summed E-state index contributed by atoms with van der Waals surface area (Å²) in [4.78, 5) is 16.3. The number of halogens is 1. The quantitative estimate of drug-likeness (QED) is 0.908. The average Bonchev–Trinajstić information content (AvgIpc) is 2.36. The second-order valence-electron chi connectivity index (χ2n) is 4.55. The van der Waals surface area contributed by atoms with E-state index < -0.39 is 0 Å². The zero-order chi connectivity index (χ0) is 14.0. The highest BCUT2D eigenvalue weighted by Crippen LogP contribution is 2.25. The van der Waals surface area contributed by atoms with Gasteiger partial charge < -0.3 is 5.32 Å². The number of nitrogens with one attached hydrogen (secondary N) is 1. The lowest BCUT2D eigenvalue weighted by molar-refractivity contribution is 0.102. The molecular formula is C15H15BrN2O. The molecule has 4 heteroatoms. The number of hydrogen-bond donors (Lipinski definition) is 1. The topological polar surface area (TPSA) is 42.0 Å². The van der Waals surface area contributed by atoms with Crippen LogP contribution < -0.4 is 5.32 Å². The standard InChI is InChI=1S/C15H15BrN2O/c1-9-5-4-6-17-14(9)15(19)18-12-7-10(2)13(16)11(3)8-12/h4-8H,1-3H3,(H,18,19). The maximum Gasteiger partial charge on any atom is 0.274 e. The lowest BCUT2D eigenvalue weighted by Gasteiger charge is -2.10. The highest BCUT2D eigenvalue weighted by Gasteiger charge is 2.11. The molecule has 0 aliphatic carbocycles. The smallest absolute Gasteiger partial charge is 0.274 e. The van der Waals surface area contributed by atoms with Crippen molar-refractivity contribution in [2.24, 2.45) is 0 Å². The van der Waals surface area contributed by atoms with Gasteiger partial charge in [0.15, 0.2) is 0 Å². The van der Waals surface area contributed by atoms with Crippen molar-refractivity contribution in [3.05, 3.63) is 57.3 Å². The molecule has 0 aliphatic heterocycles. The minimum atomic E-state index is -0.181. The van der Waals surface area contributed by atoms with Crippen LogP contribution in [0.1, 0.15) is 27.2 Å². The fourth-order valence-electron chi connectivity index (χ4n) is 1.93. The Morgan fingerprint density at radius 3 is 2.37 bits per heavy atom. The third-order valence-electron chi connectivity index (χ3n) is 2.92. The van der Waals surface area contributed by atoms with Crippen LogP contribution in [0.3, 0.4) is 0 Å². The first-order valence-corrected chi connectivity index (χ1v) is 6.78. The summed E-state index contributed by atoms with van der Waals surface area (Å²) >= 11 is 3.51. The van der Waals surface area contributed by atoms with Gasteiger partial charge in [0.05, 0.1) is 0 Å². The molecule has 0 aliphatic rings. The molecule has 1 N–H and O–H groups in total. The van der Waals surface area contributed by atoms with Gasteiger partial charge in [-0.15, -0.1) is 0 Å². The minimum absolute atomic E-state index is 0.181. The van der Waals surface area contributed by atoms with Crippen molar-refractivity contribution >= 4 is 27.5 Å². The lowest BCUT2D eigenvalue weighted by atomic mass is 10.1. The highest BCUT2D eigenvalue weighted by molar-refractivity contribution is 9.10. The monoisotopic (exact) mass is 318 g/mol. The van der Waals surface area contributed by atoms with Crippen molar-refractivity contribution in [2.75, 3.05) is 5.32 Å². The predicted molar refractivity (Wildman–Crippen MR) is 80.5 cm³/mol. The van der Waals surface area contributed by atoms with Crippen LogP contribution >= 0.6 is 15.9 Å². The van der Waals surface area contributed by atoms with Gasteiger partial charge in [0.2, 0.25) is 0 Å². The van der Waals surface area contributed by atoms with Crippen LogP contribution in [0.15, 0.2) is 34.9 Å². The summed E-state index contributed by atoms with van der Waals surface area (Å²) in [6, 6.07) is 7.57. The molecule has 3 nitrogen and oxygen atoms in total. The Balaban J connectivity index is 2.27. The van der Waals surface area contributed by atoms with Gasteiger partial charge in [-0.05, 0) is 55.7 Å². The highest BCUT2D eigenvalue weighted by atomic mass is 79.9. The third-order valence-corrected chi connectivity index (χ3v) is 4.17. The van der Waals surface area contributed by atoms with Crippen LogP contribution in [0.25, 0.3) is 0 Å². The van der Waals surface area contributed by atoms with Crippen molar-refractivity contribution < 1.29 is 4.79 Å². The first-order chi connectivity index (χ1) is 8.99. The number of carbonyl (C=O) groups excluding carboxylic acids is 1. The van der Waals surface area contributed by atoms with E-state index in [4.69, 9.17) is 0 Å². The molecule has 0 fully saturated rings. The van der Waals surface area contributed by atoms with Crippen LogP contribution in [0.5, 0.6) is 0 Å². The van der Waals surface area contributed by atoms with E-state index in [0.717, 1.165) is 26.9 Å². The van der Waals surface area contributed by atoms with Gasteiger partial charge in [0.25, 0.3) is 5.91 Å². The molecule has 1 aromatic heterocycles. The van der Waals surface area contributed by atoms with E-state index in [1.54, 1.807) is 6.20 Å². The Hall–Kier alpha value is -1.68. The maximum absolute atomic E-state index is 12.2. The summed E-state index contributed by atoms with van der Waals surface area (Å²) in [7, 11) is 0. The number of benzene rings is 1. The molecule has 1 heterocycles. The van der Waals surface area contributed by atoms with E-state index in [9.17, 15) is 4.79 Å². The molecule has 19 heavy (non-hydrogen) atoms. The number of aromatic nitrogens is 1. The summed E-state index contributed by atoms with van der Waals surface area (Å²) in [6.45, 7) is 5.87. The molecule has 0 unspecified atom stereocenters. The van der Waals surface area contributed by atoms with Crippen molar-refractivity contribution in [2.45, 2.75) is 20.8 Å². The first-order valence-electron chi connectivity index (χ1n) is 5.98. The Labute approximate surface area is 121 Å². The zero-order valence-corrected chi connectivity index (χ0v) is 12.7. The number of rotatable bonds is 2. The SMILES string of the molecule is Cc1cccnc1C(=O)Nc1cc(C)c(Br)c(C)c1. The van der Waals surface area contributed by atoms with E-state index in [0.29, 0.717) is 5.69 Å². The predicted octanol–water partition coefficient (Wildman–Crippen LogP) is 4.02. The molecule has 0 spiro atoms. The van der Waals surface area contributed by atoms with E-state index in [1.807, 2.05) is 45.0 Å². The number of nitrogens with zero attached hydrogens (tertiary/aromatic N) is 1. The molecule has 2 aromatic rings. The second-order valence-corrected chi connectivity index (χ2v) is 5.34. The van der Waals surface area contributed by atoms with Gasteiger partial charge in [-0.2, -0.15) is 0 Å². The molecule has 98 valence electrons. The normalized spacial score (nSPS) is 10.3. The van der Waals surface area contributed by atoms with E-state index >= 15 is 0 Å². The summed E-state index contributed by atoms with van der Waals surface area (Å²) in [6.07, 6.45) is 1.62. The van der Waals surface area contributed by atoms with Gasteiger partial charge in [-0.25, -0.2) is 0 Å². The number of carbonyl (C=O) groups is 1. The largest absolute Gasteiger partial charge is 0.321 e. The summed E-state index contributed by atoms with van der Waals surface area (Å²) < 4.78 is 1.07. The second kappa shape index (κ2) is 5.53. The van der Waals surface area contributed by atoms with Gasteiger partial charge >= 0.3 is 0 Å². The van der Waals surface area contributed by atoms with Crippen LogP contribution in [0.2, 0.25) is 0 Å². The Morgan fingerprint density at radius 1 is 1.16 bits per heavy atom. The van der Waals surface area contributed by atoms with Crippen molar-refractivity contribution in [1.82, 2.24) is 4.98 Å². The molecule has 0 saturated carbocycles. The van der Waals surface area contributed by atoms with Crippen LogP contribution in [-0.2, 0) is 0 Å². The number of pyridine rings is 1. The van der Waals surface area contributed by atoms with Gasteiger partial charge in [-0.3, -0.25) is 9.78 Å². The molecule has 0 atom stereocenters. The van der Waals surface area contributed by atoms with Gasteiger partial charge in [0, 0.05) is 16.4 Å². The summed E-state index contributed by atoms with van der Waals surface area (Å²) in [5, 5.41) is 2.89. The van der Waals surface area contributed by atoms with E-state index in [-0.39, 0.29) is 5.91 Å². The first kappa shape index (κ1) is 13.7. The molecule has 1 aromatic carbocycles. The third kappa shape index (κ3) is 3.01. The van der Waals surface area contributed by atoms with E-state index in [2.05, 4.69) is 26.2 Å². The Morgan fingerprint density at radius 2 is 1.79 bits per heavy atom. The van der Waals surface area contributed by atoms with Crippen LogP contribution in [0.4, 0.5) is 5.69 Å². The molecule has 2 rings (SSSR count). The van der Waals surface area contributed by atoms with Crippen LogP contribution in [-0.4, -0.2) is 10.9 Å². The van der Waals surface area contributed by atoms with Crippen molar-refractivity contribution in [3.63, 3.8) is 0 Å². The zero-order valence-electron chi connectivity index (χ0n) is 11.1. The van der Waals surface area contributed by atoms with Crippen molar-refractivity contribution in [3.8, 4) is 0 Å². The van der Waals surface area contributed by atoms with Gasteiger partial charge in [-0.1, -0.05) is 22.0 Å². The average molecular weight is 319 g/mol. The molecular weight excluding hydrogens is 304 g/mol. The lowest BCUT2D eigenvalue weighted by Crippen LogP contribution is -2.15. The summed E-state index contributed by atoms with van der Waals surface area (Å²) in [5.74, 6) is -0.181. The Bertz CT molecular complexity index is 615. The number of anilines is 1. The molecule has 0 bridgehead atoms. The van der Waals surface area contributed by atoms with Crippen LogP contribution in [0, 0.1) is 20.8 Å². The van der Waals surface area contributed by atoms with Gasteiger partial charge in [0.1, 0.15) is 5.69 Å². The maximum atomic E-state index is 12.2. The fraction of sp³-hybridized carbons (Fsp3) is 0.200. The number of aryl methyl sites for hydroxylation is 3.